The number of rotatable bonds is 3. The molecule has 1 aliphatic heterocycles. The van der Waals surface area contributed by atoms with E-state index in [0.717, 1.165) is 22.0 Å². The second kappa shape index (κ2) is 6.70. The molecule has 8 heteroatoms. The van der Waals surface area contributed by atoms with Gasteiger partial charge in [0, 0.05) is 50.1 Å². The van der Waals surface area contributed by atoms with Crippen molar-refractivity contribution in [2.75, 3.05) is 25.5 Å². The Morgan fingerprint density at radius 3 is 2.67 bits per heavy atom. The predicted octanol–water partition coefficient (Wildman–Crippen LogP) is 2.40. The zero-order chi connectivity index (χ0) is 19.0. The lowest BCUT2D eigenvalue weighted by Gasteiger charge is -2.33. The molecular formula is C19H21FN6O. The molecule has 3 heterocycles. The van der Waals surface area contributed by atoms with Crippen molar-refractivity contribution in [2.45, 2.75) is 18.5 Å². The maximum absolute atomic E-state index is 14.9. The number of nitrogens with one attached hydrogen (secondary N) is 1. The maximum atomic E-state index is 14.9. The van der Waals surface area contributed by atoms with Crippen molar-refractivity contribution in [1.29, 1.82) is 0 Å². The molecule has 3 aromatic rings. The van der Waals surface area contributed by atoms with E-state index in [2.05, 4.69) is 20.6 Å². The van der Waals surface area contributed by atoms with E-state index in [1.165, 1.54) is 0 Å². The highest BCUT2D eigenvalue weighted by Gasteiger charge is 2.41. The minimum Gasteiger partial charge on any atom is -0.308 e. The minimum absolute atomic E-state index is 0.194. The third-order valence-corrected chi connectivity index (χ3v) is 5.05. The van der Waals surface area contributed by atoms with E-state index in [4.69, 9.17) is 0 Å². The van der Waals surface area contributed by atoms with E-state index in [9.17, 15) is 9.18 Å². The third kappa shape index (κ3) is 3.52. The van der Waals surface area contributed by atoms with Crippen LogP contribution >= 0.6 is 0 Å². The number of likely N-dealkylation sites (tertiary alicyclic amines) is 1. The highest BCUT2D eigenvalue weighted by atomic mass is 19.1. The molecule has 0 radical (unpaired) electrons. The van der Waals surface area contributed by atoms with Gasteiger partial charge in [-0.15, -0.1) is 5.10 Å². The number of benzene rings is 1. The molecule has 1 aliphatic rings. The molecule has 0 bridgehead atoms. The zero-order valence-electron chi connectivity index (χ0n) is 15.3. The Hall–Kier alpha value is -2.87. The van der Waals surface area contributed by atoms with Crippen LogP contribution in [0, 0.1) is 0 Å². The first-order valence-electron chi connectivity index (χ1n) is 8.88. The van der Waals surface area contributed by atoms with E-state index in [0.29, 0.717) is 18.9 Å². The van der Waals surface area contributed by atoms with Crippen molar-refractivity contribution in [2.24, 2.45) is 7.05 Å². The molecule has 0 spiro atoms. The molecule has 1 aromatic carbocycles. The number of pyridine rings is 1. The molecule has 0 aliphatic carbocycles. The van der Waals surface area contributed by atoms with Crippen molar-refractivity contribution >= 4 is 22.5 Å². The van der Waals surface area contributed by atoms with Gasteiger partial charge in [-0.1, -0.05) is 17.3 Å². The summed E-state index contributed by atoms with van der Waals surface area (Å²) in [6.07, 6.45) is 3.89. The molecule has 0 atom stereocenters. The summed E-state index contributed by atoms with van der Waals surface area (Å²) in [6, 6.07) is 7.59. The Balaban J connectivity index is 1.58. The second-order valence-electron chi connectivity index (χ2n) is 7.13. The number of carbonyl (C=O) groups excluding carboxylic acids is 1. The van der Waals surface area contributed by atoms with Crippen molar-refractivity contribution in [3.8, 4) is 11.3 Å². The molecule has 7 nitrogen and oxygen atoms in total. The van der Waals surface area contributed by atoms with Crippen LogP contribution in [-0.4, -0.2) is 56.6 Å². The van der Waals surface area contributed by atoms with Gasteiger partial charge in [0.05, 0.1) is 6.20 Å². The Labute approximate surface area is 156 Å². The van der Waals surface area contributed by atoms with E-state index in [1.807, 2.05) is 43.4 Å². The summed E-state index contributed by atoms with van der Waals surface area (Å²) < 4.78 is 16.6. The topological polar surface area (TPSA) is 75.9 Å². The van der Waals surface area contributed by atoms with Gasteiger partial charge in [0.25, 0.3) is 5.91 Å². The number of alkyl halides is 1. The van der Waals surface area contributed by atoms with Crippen molar-refractivity contribution in [3.05, 3.63) is 36.7 Å². The lowest BCUT2D eigenvalue weighted by molar-refractivity contribution is -0.130. The number of fused-ring (bicyclic) bond motifs is 1. The van der Waals surface area contributed by atoms with Gasteiger partial charge in [0.1, 0.15) is 11.5 Å². The van der Waals surface area contributed by atoms with Crippen LogP contribution in [0.3, 0.4) is 0 Å². The molecule has 0 unspecified atom stereocenters. The van der Waals surface area contributed by atoms with Gasteiger partial charge in [-0.25, -0.2) is 9.37 Å². The number of piperidine rings is 1. The first-order chi connectivity index (χ1) is 12.9. The van der Waals surface area contributed by atoms with Crippen LogP contribution in [-0.2, 0) is 11.8 Å². The summed E-state index contributed by atoms with van der Waals surface area (Å²) >= 11 is 0. The second-order valence-corrected chi connectivity index (χ2v) is 7.13. The van der Waals surface area contributed by atoms with Crippen LogP contribution in [0.4, 0.5) is 10.2 Å². The number of halogens is 1. The monoisotopic (exact) mass is 368 g/mol. The summed E-state index contributed by atoms with van der Waals surface area (Å²) in [5.74, 6) is -0.271. The summed E-state index contributed by atoms with van der Waals surface area (Å²) in [4.78, 5) is 18.7. The largest absolute Gasteiger partial charge is 0.308 e. The Bertz CT molecular complexity index is 993. The highest BCUT2D eigenvalue weighted by molar-refractivity contribution is 5.98. The fourth-order valence-electron chi connectivity index (χ4n) is 3.28. The van der Waals surface area contributed by atoms with Crippen molar-refractivity contribution in [3.63, 3.8) is 0 Å². The number of aromatic nitrogens is 4. The fourth-order valence-corrected chi connectivity index (χ4v) is 3.28. The molecule has 0 saturated carbocycles. The standard InChI is InChI=1S/C19H21FN6O/c1-25-7-5-19(20,6-8-25)18(27)22-17-10-15-9-13(3-4-14(15)11-21-17)16-12-26(2)24-23-16/h3-4,9-12H,5-8H2,1-2H3,(H,21,22,27). The van der Waals surface area contributed by atoms with Gasteiger partial charge in [-0.05, 0) is 24.6 Å². The number of hydrogen-bond donors (Lipinski definition) is 1. The molecule has 4 rings (SSSR count). The summed E-state index contributed by atoms with van der Waals surface area (Å²) in [5, 5.41) is 12.5. The maximum Gasteiger partial charge on any atom is 0.263 e. The van der Waals surface area contributed by atoms with Crippen LogP contribution in [0.1, 0.15) is 12.8 Å². The number of amides is 1. The molecule has 140 valence electrons. The molecular weight excluding hydrogens is 347 g/mol. The Morgan fingerprint density at radius 2 is 1.96 bits per heavy atom. The van der Waals surface area contributed by atoms with Gasteiger partial charge in [0.2, 0.25) is 0 Å². The van der Waals surface area contributed by atoms with Crippen LogP contribution < -0.4 is 5.32 Å². The fraction of sp³-hybridized carbons (Fsp3) is 0.368. The average Bonchev–Trinajstić information content (AvgIpc) is 3.10. The van der Waals surface area contributed by atoms with Gasteiger partial charge in [-0.3, -0.25) is 9.48 Å². The lowest BCUT2D eigenvalue weighted by atomic mass is 9.92. The molecule has 2 aromatic heterocycles. The summed E-state index contributed by atoms with van der Waals surface area (Å²) in [7, 11) is 3.74. The van der Waals surface area contributed by atoms with Gasteiger partial charge in [0.15, 0.2) is 5.67 Å². The van der Waals surface area contributed by atoms with Gasteiger partial charge >= 0.3 is 0 Å². The number of aryl methyl sites for hydroxylation is 1. The third-order valence-electron chi connectivity index (χ3n) is 5.05. The van der Waals surface area contributed by atoms with Crippen molar-refractivity contribution in [1.82, 2.24) is 24.9 Å². The van der Waals surface area contributed by atoms with E-state index in [-0.39, 0.29) is 12.8 Å². The van der Waals surface area contributed by atoms with Gasteiger partial charge < -0.3 is 10.2 Å². The highest BCUT2D eigenvalue weighted by Crippen LogP contribution is 2.28. The first-order valence-corrected chi connectivity index (χ1v) is 8.88. The Morgan fingerprint density at radius 1 is 1.19 bits per heavy atom. The quantitative estimate of drug-likeness (QED) is 0.768. The first kappa shape index (κ1) is 17.5. The number of anilines is 1. The molecule has 1 fully saturated rings. The van der Waals surface area contributed by atoms with E-state index in [1.54, 1.807) is 16.9 Å². The summed E-state index contributed by atoms with van der Waals surface area (Å²) in [6.45, 7) is 1.13. The van der Waals surface area contributed by atoms with Gasteiger partial charge in [-0.2, -0.15) is 0 Å². The number of carbonyl (C=O) groups is 1. The van der Waals surface area contributed by atoms with Crippen LogP contribution in [0.5, 0.6) is 0 Å². The predicted molar refractivity (Wildman–Crippen MR) is 101 cm³/mol. The SMILES string of the molecule is CN1CCC(F)(C(=O)Nc2cc3cc(-c4cn(C)nn4)ccc3cn2)CC1. The summed E-state index contributed by atoms with van der Waals surface area (Å²) in [5.41, 5.74) is -0.169. The number of nitrogens with zero attached hydrogens (tertiary/aromatic N) is 5. The number of hydrogen-bond acceptors (Lipinski definition) is 5. The lowest BCUT2D eigenvalue weighted by Crippen LogP contribution is -2.47. The van der Waals surface area contributed by atoms with Crippen LogP contribution in [0.25, 0.3) is 22.0 Å². The molecule has 27 heavy (non-hydrogen) atoms. The van der Waals surface area contributed by atoms with E-state index >= 15 is 0 Å². The minimum atomic E-state index is -1.84. The zero-order valence-corrected chi connectivity index (χ0v) is 15.3. The molecule has 1 amide bonds. The molecule has 1 saturated heterocycles. The van der Waals surface area contributed by atoms with E-state index < -0.39 is 11.6 Å². The average molecular weight is 368 g/mol. The smallest absolute Gasteiger partial charge is 0.263 e. The normalized spacial score (nSPS) is 17.1. The Kier molecular flexibility index (Phi) is 4.35. The van der Waals surface area contributed by atoms with Crippen molar-refractivity contribution < 1.29 is 9.18 Å². The molecule has 1 N–H and O–H groups in total. The van der Waals surface area contributed by atoms with Crippen LogP contribution in [0.2, 0.25) is 0 Å². The van der Waals surface area contributed by atoms with Crippen LogP contribution in [0.15, 0.2) is 36.7 Å².